The third-order valence-electron chi connectivity index (χ3n) is 2.51. The van der Waals surface area contributed by atoms with Crippen molar-refractivity contribution < 1.29 is 14.3 Å². The molecule has 96 valence electrons. The molecule has 0 aliphatic carbocycles. The van der Waals surface area contributed by atoms with Gasteiger partial charge in [-0.25, -0.2) is 0 Å². The Morgan fingerprint density at radius 3 is 2.59 bits per heavy atom. The van der Waals surface area contributed by atoms with Gasteiger partial charge in [-0.2, -0.15) is 5.26 Å². The second-order valence-corrected chi connectivity index (χ2v) is 3.91. The first-order valence-electron chi connectivity index (χ1n) is 5.78. The van der Waals surface area contributed by atoms with Crippen molar-refractivity contribution in [2.45, 2.75) is 32.6 Å². The van der Waals surface area contributed by atoms with Crippen LogP contribution in [0.3, 0.4) is 0 Å². The van der Waals surface area contributed by atoms with E-state index in [4.69, 9.17) is 5.26 Å². The summed E-state index contributed by atoms with van der Waals surface area (Å²) < 4.78 is 4.50. The number of hydrogen-bond donors (Lipinski definition) is 0. The predicted molar refractivity (Wildman–Crippen MR) is 62.9 cm³/mol. The highest BCUT2D eigenvalue weighted by molar-refractivity contribution is 5.81. The lowest BCUT2D eigenvalue weighted by Crippen LogP contribution is -2.33. The smallest absolute Gasteiger partial charge is 0.305 e. The average molecular weight is 240 g/mol. The summed E-state index contributed by atoms with van der Waals surface area (Å²) in [5, 5.41) is 8.86. The Morgan fingerprint density at radius 1 is 1.47 bits per heavy atom. The molecule has 17 heavy (non-hydrogen) atoms. The molecule has 0 aromatic rings. The van der Waals surface area contributed by atoms with Crippen molar-refractivity contribution in [1.29, 1.82) is 5.26 Å². The first kappa shape index (κ1) is 15.4. The minimum atomic E-state index is -0.567. The summed E-state index contributed by atoms with van der Waals surface area (Å²) >= 11 is 0. The summed E-state index contributed by atoms with van der Waals surface area (Å²) in [4.78, 5) is 24.2. The molecule has 0 N–H and O–H groups in total. The van der Waals surface area contributed by atoms with E-state index in [1.54, 1.807) is 7.05 Å². The largest absolute Gasteiger partial charge is 0.469 e. The van der Waals surface area contributed by atoms with Gasteiger partial charge in [0.15, 0.2) is 0 Å². The van der Waals surface area contributed by atoms with E-state index in [0.717, 1.165) is 6.42 Å². The van der Waals surface area contributed by atoms with Gasteiger partial charge in [-0.15, -0.1) is 0 Å². The molecule has 0 spiro atoms. The number of nitrogens with zero attached hydrogens (tertiary/aromatic N) is 2. The van der Waals surface area contributed by atoms with Gasteiger partial charge in [0, 0.05) is 20.0 Å². The van der Waals surface area contributed by atoms with Crippen LogP contribution in [0.2, 0.25) is 0 Å². The number of nitriles is 1. The second kappa shape index (κ2) is 8.57. The van der Waals surface area contributed by atoms with Gasteiger partial charge < -0.3 is 9.64 Å². The fraction of sp³-hybridized carbons (Fsp3) is 0.750. The van der Waals surface area contributed by atoms with Crippen molar-refractivity contribution in [3.05, 3.63) is 0 Å². The van der Waals surface area contributed by atoms with Gasteiger partial charge in [-0.05, 0) is 12.8 Å². The van der Waals surface area contributed by atoms with Gasteiger partial charge in [0.1, 0.15) is 5.92 Å². The van der Waals surface area contributed by atoms with Gasteiger partial charge in [0.25, 0.3) is 0 Å². The number of amides is 1. The topological polar surface area (TPSA) is 70.4 Å². The Balaban J connectivity index is 4.04. The Morgan fingerprint density at radius 2 is 2.12 bits per heavy atom. The molecule has 0 aromatic heterocycles. The van der Waals surface area contributed by atoms with E-state index in [9.17, 15) is 9.59 Å². The van der Waals surface area contributed by atoms with Crippen molar-refractivity contribution in [1.82, 2.24) is 4.90 Å². The van der Waals surface area contributed by atoms with E-state index in [-0.39, 0.29) is 11.9 Å². The maximum Gasteiger partial charge on any atom is 0.305 e. The second-order valence-electron chi connectivity index (χ2n) is 3.91. The first-order valence-corrected chi connectivity index (χ1v) is 5.78. The number of hydrogen-bond acceptors (Lipinski definition) is 4. The van der Waals surface area contributed by atoms with E-state index in [1.807, 2.05) is 13.0 Å². The summed E-state index contributed by atoms with van der Waals surface area (Å²) in [6.07, 6.45) is 2.23. The number of ether oxygens (including phenoxy) is 1. The highest BCUT2D eigenvalue weighted by Crippen LogP contribution is 2.09. The molecule has 0 fully saturated rings. The quantitative estimate of drug-likeness (QED) is 0.629. The Bertz CT molecular complexity index is 297. The molecule has 0 aliphatic rings. The number of esters is 1. The lowest BCUT2D eigenvalue weighted by atomic mass is 10.0. The summed E-state index contributed by atoms with van der Waals surface area (Å²) in [5.41, 5.74) is 0. The van der Waals surface area contributed by atoms with Crippen LogP contribution in [0.4, 0.5) is 0 Å². The van der Waals surface area contributed by atoms with E-state index >= 15 is 0 Å². The molecule has 5 heteroatoms. The average Bonchev–Trinajstić information content (AvgIpc) is 2.34. The van der Waals surface area contributed by atoms with Crippen molar-refractivity contribution in [3.8, 4) is 6.07 Å². The zero-order chi connectivity index (χ0) is 13.3. The Hall–Kier alpha value is -1.57. The van der Waals surface area contributed by atoms with E-state index in [1.165, 1.54) is 12.0 Å². The zero-order valence-corrected chi connectivity index (χ0v) is 10.7. The molecule has 1 unspecified atom stereocenters. The molecule has 0 rings (SSSR count). The lowest BCUT2D eigenvalue weighted by molar-refractivity contribution is -0.141. The van der Waals surface area contributed by atoms with Gasteiger partial charge in [0.05, 0.1) is 13.2 Å². The van der Waals surface area contributed by atoms with Crippen molar-refractivity contribution in [3.63, 3.8) is 0 Å². The monoisotopic (exact) mass is 240 g/mol. The van der Waals surface area contributed by atoms with Crippen molar-refractivity contribution in [2.24, 2.45) is 5.92 Å². The normalized spacial score (nSPS) is 11.4. The van der Waals surface area contributed by atoms with Gasteiger partial charge in [-0.3, -0.25) is 9.59 Å². The Kier molecular flexibility index (Phi) is 7.78. The molecular weight excluding hydrogens is 220 g/mol. The van der Waals surface area contributed by atoms with E-state index in [2.05, 4.69) is 4.74 Å². The molecule has 5 nitrogen and oxygen atoms in total. The SMILES string of the molecule is CCCC(C#N)C(=O)N(C)CCCC(=O)OC. The number of carbonyl (C=O) groups is 2. The molecule has 0 bridgehead atoms. The molecule has 0 aliphatic heterocycles. The molecule has 0 saturated heterocycles. The Labute approximate surface area is 102 Å². The summed E-state index contributed by atoms with van der Waals surface area (Å²) in [6, 6.07) is 2.01. The summed E-state index contributed by atoms with van der Waals surface area (Å²) in [6.45, 7) is 2.41. The van der Waals surface area contributed by atoms with Gasteiger partial charge in [0.2, 0.25) is 5.91 Å². The van der Waals surface area contributed by atoms with Crippen molar-refractivity contribution >= 4 is 11.9 Å². The van der Waals surface area contributed by atoms with Crippen LogP contribution in [-0.4, -0.2) is 37.5 Å². The van der Waals surface area contributed by atoms with E-state index < -0.39 is 5.92 Å². The van der Waals surface area contributed by atoms with Gasteiger partial charge in [-0.1, -0.05) is 13.3 Å². The van der Waals surface area contributed by atoms with Crippen LogP contribution in [0.15, 0.2) is 0 Å². The fourth-order valence-corrected chi connectivity index (χ4v) is 1.47. The van der Waals surface area contributed by atoms with Crippen LogP contribution < -0.4 is 0 Å². The maximum atomic E-state index is 11.8. The number of methoxy groups -OCH3 is 1. The van der Waals surface area contributed by atoms with Crippen molar-refractivity contribution in [2.75, 3.05) is 20.7 Å². The first-order chi connectivity index (χ1) is 8.06. The van der Waals surface area contributed by atoms with Crippen LogP contribution in [0.25, 0.3) is 0 Å². The number of carbonyl (C=O) groups excluding carboxylic acids is 2. The number of rotatable bonds is 7. The molecular formula is C12H20N2O3. The lowest BCUT2D eigenvalue weighted by Gasteiger charge is -2.19. The third-order valence-corrected chi connectivity index (χ3v) is 2.51. The van der Waals surface area contributed by atoms with Crippen LogP contribution in [0.5, 0.6) is 0 Å². The molecule has 0 saturated carbocycles. The minimum Gasteiger partial charge on any atom is -0.469 e. The molecule has 0 heterocycles. The van der Waals surface area contributed by atoms with Crippen LogP contribution in [-0.2, 0) is 14.3 Å². The highest BCUT2D eigenvalue weighted by Gasteiger charge is 2.20. The zero-order valence-electron chi connectivity index (χ0n) is 10.7. The predicted octanol–water partition coefficient (Wildman–Crippen LogP) is 1.34. The third kappa shape index (κ3) is 5.91. The van der Waals surface area contributed by atoms with Gasteiger partial charge >= 0.3 is 5.97 Å². The summed E-state index contributed by atoms with van der Waals surface area (Å²) in [7, 11) is 2.99. The molecule has 0 radical (unpaired) electrons. The molecule has 0 aromatic carbocycles. The maximum absolute atomic E-state index is 11.8. The molecule has 1 amide bonds. The van der Waals surface area contributed by atoms with Crippen LogP contribution in [0.1, 0.15) is 32.6 Å². The van der Waals surface area contributed by atoms with E-state index in [0.29, 0.717) is 25.8 Å². The van der Waals surface area contributed by atoms with Crippen LogP contribution >= 0.6 is 0 Å². The standard InChI is InChI=1S/C12H20N2O3/c1-4-6-10(9-13)12(16)14(2)8-5-7-11(15)17-3/h10H,4-8H2,1-3H3. The molecule has 1 atom stereocenters. The minimum absolute atomic E-state index is 0.167. The summed E-state index contributed by atoms with van der Waals surface area (Å²) in [5.74, 6) is -1.02. The van der Waals surface area contributed by atoms with Crippen LogP contribution in [0, 0.1) is 17.2 Å². The highest BCUT2D eigenvalue weighted by atomic mass is 16.5. The fourth-order valence-electron chi connectivity index (χ4n) is 1.47.